The maximum Gasteiger partial charge on any atom is 0.143 e. The molecule has 2 heterocycles. The van der Waals surface area contributed by atoms with Crippen molar-refractivity contribution in [1.82, 2.24) is 14.6 Å². The van der Waals surface area contributed by atoms with Gasteiger partial charge in [0.1, 0.15) is 5.82 Å². The predicted octanol–water partition coefficient (Wildman–Crippen LogP) is 2.31. The van der Waals surface area contributed by atoms with E-state index in [1.54, 1.807) is 0 Å². The van der Waals surface area contributed by atoms with Gasteiger partial charge in [-0.05, 0) is 25.2 Å². The molecule has 4 nitrogen and oxygen atoms in total. The minimum Gasteiger partial charge on any atom is -0.308 e. The summed E-state index contributed by atoms with van der Waals surface area (Å²) in [6.07, 6.45) is 0. The van der Waals surface area contributed by atoms with Crippen molar-refractivity contribution >= 4 is 34.2 Å². The zero-order valence-corrected chi connectivity index (χ0v) is 12.3. The fourth-order valence-corrected chi connectivity index (χ4v) is 2.83. The summed E-state index contributed by atoms with van der Waals surface area (Å²) in [6, 6.07) is 5.80. The first kappa shape index (κ1) is 13.0. The summed E-state index contributed by atoms with van der Waals surface area (Å²) in [5, 5.41) is 3.01. The van der Waals surface area contributed by atoms with Gasteiger partial charge in [-0.2, -0.15) is 0 Å². The lowest BCUT2D eigenvalue weighted by Gasteiger charge is -2.35. The lowest BCUT2D eigenvalue weighted by atomic mass is 10.3. The molecule has 0 bridgehead atoms. The molecule has 0 saturated carbocycles. The van der Waals surface area contributed by atoms with Crippen LogP contribution in [-0.4, -0.2) is 47.8 Å². The van der Waals surface area contributed by atoms with Crippen molar-refractivity contribution in [2.75, 3.05) is 38.2 Å². The minimum atomic E-state index is 0.401. The molecule has 0 aliphatic carbocycles. The molecule has 0 atom stereocenters. The van der Waals surface area contributed by atoms with Crippen LogP contribution in [-0.2, 0) is 5.88 Å². The number of hydrogen-bond acceptors (Lipinski definition) is 3. The highest BCUT2D eigenvalue weighted by atomic mass is 35.5. The standard InChI is InChI=1S/C13H16Cl2N4/c1-17-4-6-18(7-5-17)19-12-3-2-10(15)8-11(12)16-13(19)9-14/h2-3,8H,4-7,9H2,1H3. The molecular weight excluding hydrogens is 283 g/mol. The van der Waals surface area contributed by atoms with Gasteiger partial charge in [0, 0.05) is 31.2 Å². The molecule has 102 valence electrons. The molecule has 1 aliphatic heterocycles. The lowest BCUT2D eigenvalue weighted by Crippen LogP contribution is -2.50. The molecule has 1 aromatic carbocycles. The topological polar surface area (TPSA) is 24.3 Å². The van der Waals surface area contributed by atoms with Gasteiger partial charge in [0.05, 0.1) is 16.9 Å². The van der Waals surface area contributed by atoms with Crippen molar-refractivity contribution < 1.29 is 0 Å². The summed E-state index contributed by atoms with van der Waals surface area (Å²) >= 11 is 12.1. The zero-order valence-electron chi connectivity index (χ0n) is 10.8. The van der Waals surface area contributed by atoms with E-state index in [1.165, 1.54) is 0 Å². The van der Waals surface area contributed by atoms with Crippen molar-refractivity contribution in [2.45, 2.75) is 5.88 Å². The van der Waals surface area contributed by atoms with Crippen LogP contribution >= 0.6 is 23.2 Å². The van der Waals surface area contributed by atoms with Crippen LogP contribution in [0.5, 0.6) is 0 Å². The molecule has 6 heteroatoms. The van der Waals surface area contributed by atoms with E-state index < -0.39 is 0 Å². The first-order valence-electron chi connectivity index (χ1n) is 6.35. The van der Waals surface area contributed by atoms with Crippen LogP contribution in [0.2, 0.25) is 5.02 Å². The molecule has 1 saturated heterocycles. The van der Waals surface area contributed by atoms with Crippen molar-refractivity contribution in [3.8, 4) is 0 Å². The Hall–Kier alpha value is -0.970. The summed E-state index contributed by atoms with van der Waals surface area (Å²) in [7, 11) is 2.14. The first-order chi connectivity index (χ1) is 9.19. The summed E-state index contributed by atoms with van der Waals surface area (Å²) in [4.78, 5) is 6.90. The van der Waals surface area contributed by atoms with E-state index in [1.807, 2.05) is 18.2 Å². The highest BCUT2D eigenvalue weighted by molar-refractivity contribution is 6.31. The van der Waals surface area contributed by atoms with Crippen LogP contribution in [0, 0.1) is 0 Å². The lowest BCUT2D eigenvalue weighted by molar-refractivity contribution is 0.288. The summed E-state index contributed by atoms with van der Waals surface area (Å²) in [5.41, 5.74) is 1.98. The van der Waals surface area contributed by atoms with Gasteiger partial charge in [0.15, 0.2) is 0 Å². The van der Waals surface area contributed by atoms with E-state index in [9.17, 15) is 0 Å². The van der Waals surface area contributed by atoms with Gasteiger partial charge in [-0.25, -0.2) is 9.66 Å². The quantitative estimate of drug-likeness (QED) is 0.795. The second-order valence-electron chi connectivity index (χ2n) is 4.86. The van der Waals surface area contributed by atoms with Crippen LogP contribution < -0.4 is 5.01 Å². The molecule has 1 fully saturated rings. The van der Waals surface area contributed by atoms with Crippen molar-refractivity contribution in [1.29, 1.82) is 0 Å². The Morgan fingerprint density at radius 2 is 1.95 bits per heavy atom. The third kappa shape index (κ3) is 2.40. The third-order valence-electron chi connectivity index (χ3n) is 3.54. The molecular formula is C13H16Cl2N4. The number of likely N-dealkylation sites (N-methyl/N-ethyl adjacent to an activating group) is 1. The number of rotatable bonds is 2. The second-order valence-corrected chi connectivity index (χ2v) is 5.57. The zero-order chi connectivity index (χ0) is 13.4. The first-order valence-corrected chi connectivity index (χ1v) is 7.27. The molecule has 3 rings (SSSR count). The van der Waals surface area contributed by atoms with Crippen LogP contribution in [0.15, 0.2) is 18.2 Å². The number of halogens is 2. The second kappa shape index (κ2) is 5.19. The monoisotopic (exact) mass is 298 g/mol. The molecule has 0 amide bonds. The Morgan fingerprint density at radius 1 is 1.21 bits per heavy atom. The Bertz CT molecular complexity index is 588. The highest BCUT2D eigenvalue weighted by Crippen LogP contribution is 2.22. The number of aromatic nitrogens is 2. The molecule has 0 N–H and O–H groups in total. The minimum absolute atomic E-state index is 0.401. The van der Waals surface area contributed by atoms with Gasteiger partial charge in [-0.15, -0.1) is 11.6 Å². The number of imidazole rings is 1. The Labute approximate surface area is 122 Å². The average molecular weight is 299 g/mol. The predicted molar refractivity (Wildman–Crippen MR) is 79.7 cm³/mol. The van der Waals surface area contributed by atoms with Crippen LogP contribution in [0.3, 0.4) is 0 Å². The van der Waals surface area contributed by atoms with Crippen LogP contribution in [0.4, 0.5) is 0 Å². The van der Waals surface area contributed by atoms with E-state index in [0.29, 0.717) is 10.9 Å². The van der Waals surface area contributed by atoms with Crippen molar-refractivity contribution in [3.05, 3.63) is 29.0 Å². The number of hydrogen-bond donors (Lipinski definition) is 0. The largest absolute Gasteiger partial charge is 0.308 e. The van der Waals surface area contributed by atoms with Crippen molar-refractivity contribution in [2.24, 2.45) is 0 Å². The van der Waals surface area contributed by atoms with Gasteiger partial charge in [0.25, 0.3) is 0 Å². The Kier molecular flexibility index (Phi) is 3.56. The van der Waals surface area contributed by atoms with E-state index in [4.69, 9.17) is 23.2 Å². The molecule has 0 radical (unpaired) electrons. The van der Waals surface area contributed by atoms with E-state index >= 15 is 0 Å². The molecule has 0 unspecified atom stereocenters. The Balaban J connectivity index is 2.05. The van der Waals surface area contributed by atoms with Crippen LogP contribution in [0.25, 0.3) is 11.0 Å². The van der Waals surface area contributed by atoms with Crippen LogP contribution in [0.1, 0.15) is 5.82 Å². The van der Waals surface area contributed by atoms with Gasteiger partial charge < -0.3 is 9.91 Å². The SMILES string of the molecule is CN1CCN(n2c(CCl)nc3cc(Cl)ccc32)CC1. The molecule has 2 aromatic rings. The summed E-state index contributed by atoms with van der Waals surface area (Å²) < 4.78 is 2.14. The third-order valence-corrected chi connectivity index (χ3v) is 4.02. The van der Waals surface area contributed by atoms with E-state index in [0.717, 1.165) is 43.0 Å². The van der Waals surface area contributed by atoms with Gasteiger partial charge in [-0.3, -0.25) is 0 Å². The number of alkyl halides is 1. The number of benzene rings is 1. The smallest absolute Gasteiger partial charge is 0.143 e. The van der Waals surface area contributed by atoms with E-state index in [2.05, 4.69) is 26.6 Å². The maximum atomic E-state index is 6.04. The van der Waals surface area contributed by atoms with E-state index in [-0.39, 0.29) is 0 Å². The maximum absolute atomic E-state index is 6.04. The molecule has 1 aliphatic rings. The van der Waals surface area contributed by atoms with Gasteiger partial charge in [0.2, 0.25) is 0 Å². The van der Waals surface area contributed by atoms with Gasteiger partial charge >= 0.3 is 0 Å². The normalized spacial score (nSPS) is 17.3. The van der Waals surface area contributed by atoms with Crippen molar-refractivity contribution in [3.63, 3.8) is 0 Å². The summed E-state index contributed by atoms with van der Waals surface area (Å²) in [5.74, 6) is 1.28. The Morgan fingerprint density at radius 3 is 2.63 bits per heavy atom. The molecule has 19 heavy (non-hydrogen) atoms. The highest BCUT2D eigenvalue weighted by Gasteiger charge is 2.19. The average Bonchev–Trinajstić information content (AvgIpc) is 2.77. The molecule has 1 aromatic heterocycles. The fourth-order valence-electron chi connectivity index (χ4n) is 2.49. The number of nitrogens with zero attached hydrogens (tertiary/aromatic N) is 4. The number of piperazine rings is 1. The summed E-state index contributed by atoms with van der Waals surface area (Å²) in [6.45, 7) is 4.06. The molecule has 0 spiro atoms. The van der Waals surface area contributed by atoms with Gasteiger partial charge in [-0.1, -0.05) is 11.6 Å². The fraction of sp³-hybridized carbons (Fsp3) is 0.462. The number of fused-ring (bicyclic) bond motifs is 1.